The lowest BCUT2D eigenvalue weighted by atomic mass is 10.0. The Hall–Kier alpha value is -1.45. The Morgan fingerprint density at radius 2 is 2.22 bits per heavy atom. The van der Waals surface area contributed by atoms with Crippen LogP contribution in [0.15, 0.2) is 12.1 Å². The summed E-state index contributed by atoms with van der Waals surface area (Å²) < 4.78 is 5.64. The summed E-state index contributed by atoms with van der Waals surface area (Å²) in [6.07, 6.45) is 2.63. The highest BCUT2D eigenvalue weighted by atomic mass is 16.5. The van der Waals surface area contributed by atoms with Crippen LogP contribution in [0, 0.1) is 5.92 Å². The highest BCUT2D eigenvalue weighted by Crippen LogP contribution is 2.27. The van der Waals surface area contributed by atoms with E-state index in [1.165, 1.54) is 12.8 Å². The van der Waals surface area contributed by atoms with E-state index in [-0.39, 0.29) is 6.10 Å². The fourth-order valence-electron chi connectivity index (χ4n) is 2.33. The second-order valence-corrected chi connectivity index (χ2v) is 5.42. The van der Waals surface area contributed by atoms with E-state index >= 15 is 0 Å². The normalized spacial score (nSPS) is 20.2. The molecule has 4 nitrogen and oxygen atoms in total. The molecule has 2 rings (SSSR count). The number of anilines is 2. The van der Waals surface area contributed by atoms with E-state index in [4.69, 9.17) is 10.5 Å². The molecule has 0 bridgehead atoms. The lowest BCUT2D eigenvalue weighted by Gasteiger charge is -2.32. The first-order valence-electron chi connectivity index (χ1n) is 6.74. The number of piperidine rings is 1. The maximum absolute atomic E-state index is 5.89. The first-order valence-corrected chi connectivity index (χ1v) is 6.74. The van der Waals surface area contributed by atoms with Crippen LogP contribution in [0.2, 0.25) is 0 Å². The van der Waals surface area contributed by atoms with Gasteiger partial charge in [0.05, 0.1) is 11.8 Å². The van der Waals surface area contributed by atoms with Crippen LogP contribution in [0.25, 0.3) is 0 Å². The van der Waals surface area contributed by atoms with Gasteiger partial charge in [0.1, 0.15) is 5.82 Å². The van der Waals surface area contributed by atoms with Crippen molar-refractivity contribution in [3.63, 3.8) is 0 Å². The van der Waals surface area contributed by atoms with Crippen molar-refractivity contribution in [3.8, 4) is 5.88 Å². The predicted octanol–water partition coefficient (Wildman–Crippen LogP) is 2.69. The number of rotatable bonds is 3. The topological polar surface area (TPSA) is 51.4 Å². The minimum Gasteiger partial charge on any atom is -0.473 e. The van der Waals surface area contributed by atoms with Gasteiger partial charge in [-0.1, -0.05) is 6.92 Å². The molecule has 1 aliphatic heterocycles. The van der Waals surface area contributed by atoms with Crippen molar-refractivity contribution in [2.24, 2.45) is 5.92 Å². The van der Waals surface area contributed by atoms with E-state index < -0.39 is 0 Å². The molecule has 0 aromatic carbocycles. The number of nitrogen functional groups attached to an aromatic ring is 1. The molecule has 0 aliphatic carbocycles. The fourth-order valence-corrected chi connectivity index (χ4v) is 2.33. The smallest absolute Gasteiger partial charge is 0.239 e. The summed E-state index contributed by atoms with van der Waals surface area (Å²) in [7, 11) is 0. The molecule has 18 heavy (non-hydrogen) atoms. The van der Waals surface area contributed by atoms with Gasteiger partial charge in [-0.15, -0.1) is 0 Å². The molecular formula is C14H23N3O. The Kier molecular flexibility index (Phi) is 3.94. The Bertz CT molecular complexity index is 406. The van der Waals surface area contributed by atoms with Gasteiger partial charge in [-0.05, 0) is 44.7 Å². The molecular weight excluding hydrogens is 226 g/mol. The summed E-state index contributed by atoms with van der Waals surface area (Å²) in [6.45, 7) is 8.39. The first-order chi connectivity index (χ1) is 8.56. The second-order valence-electron chi connectivity index (χ2n) is 5.42. The number of nitrogens with two attached hydrogens (primary N) is 1. The van der Waals surface area contributed by atoms with E-state index in [0.717, 1.165) is 24.8 Å². The number of ether oxygens (including phenoxy) is 1. The van der Waals surface area contributed by atoms with E-state index in [1.54, 1.807) is 0 Å². The summed E-state index contributed by atoms with van der Waals surface area (Å²) >= 11 is 0. The molecule has 1 aromatic heterocycles. The summed E-state index contributed by atoms with van der Waals surface area (Å²) in [6, 6.07) is 3.87. The molecule has 0 radical (unpaired) electrons. The highest BCUT2D eigenvalue weighted by Gasteiger charge is 2.18. The summed E-state index contributed by atoms with van der Waals surface area (Å²) in [5.74, 6) is 2.26. The third kappa shape index (κ3) is 3.06. The van der Waals surface area contributed by atoms with Gasteiger partial charge in [0.2, 0.25) is 5.88 Å². The van der Waals surface area contributed by atoms with Gasteiger partial charge in [0.15, 0.2) is 0 Å². The van der Waals surface area contributed by atoms with Crippen molar-refractivity contribution >= 4 is 11.5 Å². The molecule has 1 fully saturated rings. The van der Waals surface area contributed by atoms with Gasteiger partial charge in [0, 0.05) is 13.1 Å². The maximum Gasteiger partial charge on any atom is 0.239 e. The van der Waals surface area contributed by atoms with Crippen molar-refractivity contribution in [3.05, 3.63) is 12.1 Å². The van der Waals surface area contributed by atoms with Crippen LogP contribution in [0.5, 0.6) is 5.88 Å². The van der Waals surface area contributed by atoms with E-state index in [9.17, 15) is 0 Å². The van der Waals surface area contributed by atoms with E-state index in [1.807, 2.05) is 26.0 Å². The molecule has 1 saturated heterocycles. The molecule has 2 N–H and O–H groups in total. The van der Waals surface area contributed by atoms with Crippen molar-refractivity contribution in [1.29, 1.82) is 0 Å². The first kappa shape index (κ1) is 13.0. The van der Waals surface area contributed by atoms with Crippen molar-refractivity contribution in [2.45, 2.75) is 39.7 Å². The van der Waals surface area contributed by atoms with Crippen molar-refractivity contribution < 1.29 is 4.74 Å². The van der Waals surface area contributed by atoms with Crippen molar-refractivity contribution in [1.82, 2.24) is 4.98 Å². The van der Waals surface area contributed by atoms with Gasteiger partial charge >= 0.3 is 0 Å². The summed E-state index contributed by atoms with van der Waals surface area (Å²) in [5.41, 5.74) is 6.50. The zero-order valence-electron chi connectivity index (χ0n) is 11.5. The van der Waals surface area contributed by atoms with Gasteiger partial charge in [-0.2, -0.15) is 4.98 Å². The standard InChI is InChI=1S/C14H23N3O/c1-10(2)18-14-12(15)6-7-13(16-14)17-8-4-5-11(3)9-17/h6-7,10-11H,4-5,8-9,15H2,1-3H3. The van der Waals surface area contributed by atoms with Gasteiger partial charge in [-0.3, -0.25) is 0 Å². The third-order valence-electron chi connectivity index (χ3n) is 3.20. The molecule has 0 spiro atoms. The van der Waals surface area contributed by atoms with Crippen molar-refractivity contribution in [2.75, 3.05) is 23.7 Å². The molecule has 1 unspecified atom stereocenters. The third-order valence-corrected chi connectivity index (χ3v) is 3.20. The Morgan fingerprint density at radius 1 is 1.44 bits per heavy atom. The summed E-state index contributed by atoms with van der Waals surface area (Å²) in [5, 5.41) is 0. The zero-order chi connectivity index (χ0) is 13.1. The van der Waals surface area contributed by atoms with Gasteiger partial charge in [-0.25, -0.2) is 0 Å². The average molecular weight is 249 g/mol. The molecule has 0 amide bonds. The average Bonchev–Trinajstić information content (AvgIpc) is 2.31. The Morgan fingerprint density at radius 3 is 2.89 bits per heavy atom. The van der Waals surface area contributed by atoms with Crippen LogP contribution < -0.4 is 15.4 Å². The molecule has 2 heterocycles. The largest absolute Gasteiger partial charge is 0.473 e. The molecule has 1 aliphatic rings. The molecule has 0 saturated carbocycles. The number of nitrogens with zero attached hydrogens (tertiary/aromatic N) is 2. The SMILES string of the molecule is CC1CCCN(c2ccc(N)c(OC(C)C)n2)C1. The number of pyridine rings is 1. The highest BCUT2D eigenvalue weighted by molar-refractivity contribution is 5.54. The number of hydrogen-bond donors (Lipinski definition) is 1. The van der Waals surface area contributed by atoms with Crippen LogP contribution in [-0.4, -0.2) is 24.2 Å². The van der Waals surface area contributed by atoms with Crippen LogP contribution in [0.4, 0.5) is 11.5 Å². The van der Waals surface area contributed by atoms with Crippen LogP contribution in [0.1, 0.15) is 33.6 Å². The van der Waals surface area contributed by atoms with E-state index in [0.29, 0.717) is 11.6 Å². The second kappa shape index (κ2) is 5.46. The monoisotopic (exact) mass is 249 g/mol. The van der Waals surface area contributed by atoms with Crippen LogP contribution in [-0.2, 0) is 0 Å². The number of hydrogen-bond acceptors (Lipinski definition) is 4. The molecule has 4 heteroatoms. The predicted molar refractivity (Wildman–Crippen MR) is 75.0 cm³/mol. The summed E-state index contributed by atoms with van der Waals surface area (Å²) in [4.78, 5) is 6.87. The Balaban J connectivity index is 2.17. The zero-order valence-corrected chi connectivity index (χ0v) is 11.5. The van der Waals surface area contributed by atoms with Crippen LogP contribution >= 0.6 is 0 Å². The van der Waals surface area contributed by atoms with E-state index in [2.05, 4.69) is 16.8 Å². The fraction of sp³-hybridized carbons (Fsp3) is 0.643. The maximum atomic E-state index is 5.89. The minimum absolute atomic E-state index is 0.0929. The molecule has 1 atom stereocenters. The Labute approximate surface area is 109 Å². The van der Waals surface area contributed by atoms with Gasteiger partial charge in [0.25, 0.3) is 0 Å². The lowest BCUT2D eigenvalue weighted by molar-refractivity contribution is 0.234. The van der Waals surface area contributed by atoms with Crippen LogP contribution in [0.3, 0.4) is 0 Å². The lowest BCUT2D eigenvalue weighted by Crippen LogP contribution is -2.34. The molecule has 1 aromatic rings. The number of aromatic nitrogens is 1. The minimum atomic E-state index is 0.0929. The van der Waals surface area contributed by atoms with Gasteiger partial charge < -0.3 is 15.4 Å². The molecule has 100 valence electrons. The quantitative estimate of drug-likeness (QED) is 0.895.